The Morgan fingerprint density at radius 3 is 2.69 bits per heavy atom. The molecule has 2 heterocycles. The molecule has 0 unspecified atom stereocenters. The van der Waals surface area contributed by atoms with E-state index in [-0.39, 0.29) is 18.0 Å². The van der Waals surface area contributed by atoms with Crippen molar-refractivity contribution < 1.29 is 23.0 Å². The molecule has 0 aliphatic carbocycles. The number of benzene rings is 2. The number of nitrogens with zero attached hydrogens (tertiary/aromatic N) is 3. The Labute approximate surface area is 206 Å². The summed E-state index contributed by atoms with van der Waals surface area (Å²) in [6.45, 7) is 5.82. The number of aliphatic hydroxyl groups is 1. The van der Waals surface area contributed by atoms with Crippen LogP contribution in [0, 0.1) is 13.8 Å². The summed E-state index contributed by atoms with van der Waals surface area (Å²) in [7, 11) is -2.22. The zero-order chi connectivity index (χ0) is 25.2. The second kappa shape index (κ2) is 10.1. The predicted octanol–water partition coefficient (Wildman–Crippen LogP) is 3.73. The molecule has 3 aromatic rings. The van der Waals surface area contributed by atoms with Gasteiger partial charge in [0.15, 0.2) is 11.5 Å². The zero-order valence-corrected chi connectivity index (χ0v) is 21.2. The minimum atomic E-state index is -3.79. The van der Waals surface area contributed by atoms with Gasteiger partial charge in [-0.2, -0.15) is 5.10 Å². The van der Waals surface area contributed by atoms with Crippen molar-refractivity contribution in [2.75, 3.05) is 24.6 Å². The van der Waals surface area contributed by atoms with Crippen molar-refractivity contribution in [3.8, 4) is 11.5 Å². The van der Waals surface area contributed by atoms with Gasteiger partial charge in [0, 0.05) is 6.54 Å². The van der Waals surface area contributed by atoms with E-state index in [1.807, 2.05) is 55.5 Å². The van der Waals surface area contributed by atoms with Crippen LogP contribution in [-0.4, -0.2) is 49.7 Å². The van der Waals surface area contributed by atoms with Crippen LogP contribution in [0.25, 0.3) is 6.08 Å². The SMILES string of the molecule is C/C=C/c1ccc(OC[C@H](O)Cn2nc(C)c(S(=O)(=O)N3CCc4ccccc43)c2C)c(OC)c1. The summed E-state index contributed by atoms with van der Waals surface area (Å²) in [5.74, 6) is 1.09. The fraction of sp³-hybridized carbons (Fsp3) is 0.346. The minimum absolute atomic E-state index is 0.000739. The number of rotatable bonds is 9. The van der Waals surface area contributed by atoms with Crippen molar-refractivity contribution in [1.82, 2.24) is 9.78 Å². The van der Waals surface area contributed by atoms with Gasteiger partial charge in [-0.3, -0.25) is 8.99 Å². The van der Waals surface area contributed by atoms with Crippen molar-refractivity contribution >= 4 is 21.8 Å². The van der Waals surface area contributed by atoms with E-state index in [0.717, 1.165) is 11.1 Å². The van der Waals surface area contributed by atoms with Gasteiger partial charge >= 0.3 is 0 Å². The minimum Gasteiger partial charge on any atom is -0.493 e. The lowest BCUT2D eigenvalue weighted by atomic mass is 10.2. The predicted molar refractivity (Wildman–Crippen MR) is 136 cm³/mol. The lowest BCUT2D eigenvalue weighted by molar-refractivity contribution is 0.0872. The zero-order valence-electron chi connectivity index (χ0n) is 20.4. The number of hydrogen-bond donors (Lipinski definition) is 1. The van der Waals surface area contributed by atoms with Crippen LogP contribution < -0.4 is 13.8 Å². The molecule has 1 aliphatic rings. The van der Waals surface area contributed by atoms with Gasteiger partial charge in [0.1, 0.15) is 17.6 Å². The van der Waals surface area contributed by atoms with Gasteiger partial charge in [-0.25, -0.2) is 8.42 Å². The quantitative estimate of drug-likeness (QED) is 0.484. The number of methoxy groups -OCH3 is 1. The average molecular weight is 498 g/mol. The Balaban J connectivity index is 1.49. The molecule has 8 nitrogen and oxygen atoms in total. The van der Waals surface area contributed by atoms with Crippen LogP contribution >= 0.6 is 0 Å². The molecule has 1 aromatic heterocycles. The summed E-state index contributed by atoms with van der Waals surface area (Å²) in [6, 6.07) is 13.1. The van der Waals surface area contributed by atoms with Crippen molar-refractivity contribution in [3.05, 3.63) is 71.1 Å². The Bertz CT molecular complexity index is 1350. The fourth-order valence-electron chi connectivity index (χ4n) is 4.44. The number of fused-ring (bicyclic) bond motifs is 1. The molecule has 0 spiro atoms. The number of anilines is 1. The molecule has 0 fully saturated rings. The van der Waals surface area contributed by atoms with E-state index in [1.165, 1.54) is 8.99 Å². The van der Waals surface area contributed by atoms with Gasteiger partial charge in [-0.05, 0) is 56.5 Å². The molecule has 1 aliphatic heterocycles. The maximum Gasteiger partial charge on any atom is 0.268 e. The highest BCUT2D eigenvalue weighted by Crippen LogP contribution is 2.34. The number of ether oxygens (including phenoxy) is 2. The van der Waals surface area contributed by atoms with Gasteiger partial charge < -0.3 is 14.6 Å². The van der Waals surface area contributed by atoms with E-state index in [0.29, 0.717) is 41.5 Å². The first-order valence-electron chi connectivity index (χ1n) is 11.5. The lowest BCUT2D eigenvalue weighted by Gasteiger charge is -2.20. The molecule has 9 heteroatoms. The number of allylic oxidation sites excluding steroid dienone is 1. The standard InChI is InChI=1S/C26H31N3O5S/c1-5-8-20-11-12-24(25(15-20)33-4)34-17-22(30)16-28-19(3)26(18(2)27-28)35(31,32)29-14-13-21-9-6-7-10-23(21)29/h5-12,15,22,30H,13-14,16-17H2,1-4H3/b8-5+/t22-/m1/s1. The number of aryl methyl sites for hydroxylation is 1. The summed E-state index contributed by atoms with van der Waals surface area (Å²) in [5.41, 5.74) is 3.59. The number of aromatic nitrogens is 2. The topological polar surface area (TPSA) is 93.9 Å². The molecule has 0 saturated heterocycles. The van der Waals surface area contributed by atoms with Crippen LogP contribution in [0.3, 0.4) is 0 Å². The molecule has 0 saturated carbocycles. The summed E-state index contributed by atoms with van der Waals surface area (Å²) >= 11 is 0. The maximum absolute atomic E-state index is 13.6. The normalized spacial score (nSPS) is 14.4. The molecule has 1 atom stereocenters. The van der Waals surface area contributed by atoms with Crippen LogP contribution in [0.1, 0.15) is 29.4 Å². The van der Waals surface area contributed by atoms with Crippen molar-refractivity contribution in [3.63, 3.8) is 0 Å². The first-order chi connectivity index (χ1) is 16.8. The summed E-state index contributed by atoms with van der Waals surface area (Å²) in [5, 5.41) is 15.1. The maximum atomic E-state index is 13.6. The summed E-state index contributed by atoms with van der Waals surface area (Å²) in [6.07, 6.45) is 3.66. The fourth-order valence-corrected chi connectivity index (χ4v) is 6.32. The Morgan fingerprint density at radius 1 is 1.17 bits per heavy atom. The molecular formula is C26H31N3O5S. The van der Waals surface area contributed by atoms with Crippen LogP contribution in [0.15, 0.2) is 53.4 Å². The molecule has 186 valence electrons. The van der Waals surface area contributed by atoms with Gasteiger partial charge in [0.05, 0.1) is 30.7 Å². The highest BCUT2D eigenvalue weighted by Gasteiger charge is 2.35. The smallest absolute Gasteiger partial charge is 0.268 e. The van der Waals surface area contributed by atoms with Gasteiger partial charge in [0.25, 0.3) is 10.0 Å². The monoisotopic (exact) mass is 497 g/mol. The molecular weight excluding hydrogens is 466 g/mol. The number of sulfonamides is 1. The molecule has 0 amide bonds. The molecule has 4 rings (SSSR count). The Hall–Kier alpha value is -3.30. The van der Waals surface area contributed by atoms with Crippen LogP contribution in [-0.2, 0) is 23.0 Å². The van der Waals surface area contributed by atoms with Gasteiger partial charge in [-0.15, -0.1) is 0 Å². The van der Waals surface area contributed by atoms with Crippen LogP contribution in [0.5, 0.6) is 11.5 Å². The second-order valence-corrected chi connectivity index (χ2v) is 10.3. The third-order valence-corrected chi connectivity index (χ3v) is 8.14. The highest BCUT2D eigenvalue weighted by molar-refractivity contribution is 7.93. The van der Waals surface area contributed by atoms with Crippen LogP contribution in [0.2, 0.25) is 0 Å². The number of aliphatic hydroxyl groups excluding tert-OH is 1. The van der Waals surface area contributed by atoms with E-state index < -0.39 is 16.1 Å². The number of hydrogen-bond acceptors (Lipinski definition) is 6. The molecule has 35 heavy (non-hydrogen) atoms. The summed E-state index contributed by atoms with van der Waals surface area (Å²) < 4.78 is 41.3. The molecule has 0 radical (unpaired) electrons. The van der Waals surface area contributed by atoms with Crippen molar-refractivity contribution in [1.29, 1.82) is 0 Å². The largest absolute Gasteiger partial charge is 0.493 e. The van der Waals surface area contributed by atoms with E-state index in [4.69, 9.17) is 9.47 Å². The first kappa shape index (κ1) is 24.8. The van der Waals surface area contributed by atoms with E-state index in [2.05, 4.69) is 5.10 Å². The van der Waals surface area contributed by atoms with E-state index in [1.54, 1.807) is 27.0 Å². The molecule has 0 bridgehead atoms. The van der Waals surface area contributed by atoms with Crippen molar-refractivity contribution in [2.24, 2.45) is 0 Å². The molecule has 2 aromatic carbocycles. The summed E-state index contributed by atoms with van der Waals surface area (Å²) in [4.78, 5) is 0.184. The van der Waals surface area contributed by atoms with Gasteiger partial charge in [-0.1, -0.05) is 36.4 Å². The number of para-hydroxylation sites is 1. The van der Waals surface area contributed by atoms with E-state index >= 15 is 0 Å². The van der Waals surface area contributed by atoms with Crippen LogP contribution in [0.4, 0.5) is 5.69 Å². The third kappa shape index (κ3) is 4.92. The van der Waals surface area contributed by atoms with Crippen molar-refractivity contribution in [2.45, 2.75) is 44.7 Å². The lowest BCUT2D eigenvalue weighted by Crippen LogP contribution is -2.30. The van der Waals surface area contributed by atoms with Gasteiger partial charge in [0.2, 0.25) is 0 Å². The Morgan fingerprint density at radius 2 is 1.94 bits per heavy atom. The second-order valence-electron chi connectivity index (χ2n) is 8.51. The third-order valence-electron chi connectivity index (χ3n) is 6.07. The first-order valence-corrected chi connectivity index (χ1v) is 13.0. The average Bonchev–Trinajstić information content (AvgIpc) is 3.39. The Kier molecular flexibility index (Phi) is 7.18. The molecule has 1 N–H and O–H groups in total. The van der Waals surface area contributed by atoms with E-state index in [9.17, 15) is 13.5 Å². The highest BCUT2D eigenvalue weighted by atomic mass is 32.2.